The van der Waals surface area contributed by atoms with Gasteiger partial charge in [-0.15, -0.1) is 0 Å². The molecule has 4 nitrogen and oxygen atoms in total. The smallest absolute Gasteiger partial charge is 0.187 e. The molecule has 0 amide bonds. The molecule has 2 N–H and O–H groups in total. The summed E-state index contributed by atoms with van der Waals surface area (Å²) in [6, 6.07) is 0.455. The maximum Gasteiger partial charge on any atom is 0.187 e. The molecule has 0 spiro atoms. The van der Waals surface area contributed by atoms with Crippen LogP contribution in [0.15, 0.2) is 0 Å². The van der Waals surface area contributed by atoms with E-state index >= 15 is 0 Å². The Morgan fingerprint density at radius 3 is 2.94 bits per heavy atom. The number of aromatic nitrogens is 1. The molecule has 1 unspecified atom stereocenters. The van der Waals surface area contributed by atoms with Crippen molar-refractivity contribution in [3.8, 4) is 0 Å². The highest BCUT2D eigenvalue weighted by Crippen LogP contribution is 2.34. The molecule has 1 aromatic rings. The number of rotatable bonds is 5. The summed E-state index contributed by atoms with van der Waals surface area (Å²) >= 11 is 7.41. The van der Waals surface area contributed by atoms with Gasteiger partial charge in [0.1, 0.15) is 5.15 Å². The quantitative estimate of drug-likeness (QED) is 0.864. The summed E-state index contributed by atoms with van der Waals surface area (Å²) < 4.78 is 0. The minimum absolute atomic E-state index is 0.0500. The number of halogens is 1. The average molecular weight is 277 g/mol. The topological polar surface area (TPSA) is 56.6 Å². The standard InChI is InChI=1S/C11H17ClN2O2S/c12-10-9(7-16)17-11(13-10)14-5-1-3-8(14)4-2-6-15/h8,15-16H,1-7H2. The predicted octanol–water partition coefficient (Wildman–Crippen LogP) is 2.03. The van der Waals surface area contributed by atoms with Crippen LogP contribution in [-0.4, -0.2) is 34.4 Å². The molecule has 6 heteroatoms. The average Bonchev–Trinajstić information content (AvgIpc) is 2.92. The molecule has 1 saturated heterocycles. The first-order chi connectivity index (χ1) is 8.26. The van der Waals surface area contributed by atoms with E-state index in [9.17, 15) is 0 Å². The first kappa shape index (κ1) is 13.1. The van der Waals surface area contributed by atoms with Crippen LogP contribution >= 0.6 is 22.9 Å². The van der Waals surface area contributed by atoms with Crippen LogP contribution in [0.25, 0.3) is 0 Å². The summed E-state index contributed by atoms with van der Waals surface area (Å²) in [5, 5.41) is 19.3. The summed E-state index contributed by atoms with van der Waals surface area (Å²) in [5.41, 5.74) is 0. The van der Waals surface area contributed by atoms with E-state index in [0.29, 0.717) is 11.2 Å². The lowest BCUT2D eigenvalue weighted by molar-refractivity contribution is 0.279. The first-order valence-corrected chi connectivity index (χ1v) is 7.09. The molecule has 2 heterocycles. The van der Waals surface area contributed by atoms with Gasteiger partial charge in [-0.3, -0.25) is 0 Å². The fraction of sp³-hybridized carbons (Fsp3) is 0.727. The van der Waals surface area contributed by atoms with Crippen molar-refractivity contribution < 1.29 is 10.2 Å². The number of nitrogens with zero attached hydrogens (tertiary/aromatic N) is 2. The summed E-state index contributed by atoms with van der Waals surface area (Å²) in [5.74, 6) is 0. The summed E-state index contributed by atoms with van der Waals surface area (Å²) in [6.45, 7) is 1.18. The number of thiazole rings is 1. The van der Waals surface area contributed by atoms with E-state index in [1.165, 1.54) is 11.3 Å². The van der Waals surface area contributed by atoms with Crippen molar-refractivity contribution >= 4 is 28.1 Å². The van der Waals surface area contributed by atoms with E-state index < -0.39 is 0 Å². The van der Waals surface area contributed by atoms with Crippen molar-refractivity contribution in [2.45, 2.75) is 38.3 Å². The minimum atomic E-state index is -0.0500. The molecule has 0 aromatic carbocycles. The summed E-state index contributed by atoms with van der Waals surface area (Å²) in [4.78, 5) is 7.30. The van der Waals surface area contributed by atoms with Crippen molar-refractivity contribution in [1.29, 1.82) is 0 Å². The van der Waals surface area contributed by atoms with Gasteiger partial charge in [0.15, 0.2) is 5.13 Å². The van der Waals surface area contributed by atoms with Gasteiger partial charge in [0, 0.05) is 19.2 Å². The van der Waals surface area contributed by atoms with Gasteiger partial charge in [-0.25, -0.2) is 4.98 Å². The van der Waals surface area contributed by atoms with Gasteiger partial charge in [-0.05, 0) is 25.7 Å². The highest BCUT2D eigenvalue weighted by Gasteiger charge is 2.27. The number of hydrogen-bond acceptors (Lipinski definition) is 5. The molecule has 0 bridgehead atoms. The van der Waals surface area contributed by atoms with E-state index in [2.05, 4.69) is 9.88 Å². The lowest BCUT2D eigenvalue weighted by Gasteiger charge is -2.23. The molecular formula is C11H17ClN2O2S. The second-order valence-corrected chi connectivity index (χ2v) is 5.64. The lowest BCUT2D eigenvalue weighted by Crippen LogP contribution is -2.29. The van der Waals surface area contributed by atoms with Crippen LogP contribution in [0, 0.1) is 0 Å². The van der Waals surface area contributed by atoms with E-state index in [-0.39, 0.29) is 13.2 Å². The zero-order valence-electron chi connectivity index (χ0n) is 9.60. The first-order valence-electron chi connectivity index (χ1n) is 5.89. The number of aliphatic hydroxyl groups is 2. The SMILES string of the molecule is OCCCC1CCCN1c1nc(Cl)c(CO)s1. The van der Waals surface area contributed by atoms with E-state index in [4.69, 9.17) is 21.8 Å². The molecule has 1 atom stereocenters. The summed E-state index contributed by atoms with van der Waals surface area (Å²) in [7, 11) is 0. The second kappa shape index (κ2) is 6.00. The van der Waals surface area contributed by atoms with Crippen molar-refractivity contribution in [2.24, 2.45) is 0 Å². The molecule has 17 heavy (non-hydrogen) atoms. The number of hydrogen-bond donors (Lipinski definition) is 2. The van der Waals surface area contributed by atoms with E-state index in [1.54, 1.807) is 0 Å². The highest BCUT2D eigenvalue weighted by molar-refractivity contribution is 7.16. The van der Waals surface area contributed by atoms with Crippen molar-refractivity contribution in [3.63, 3.8) is 0 Å². The molecule has 1 aliphatic rings. The molecule has 96 valence electrons. The van der Waals surface area contributed by atoms with Crippen LogP contribution in [0.1, 0.15) is 30.6 Å². The molecule has 0 saturated carbocycles. The zero-order valence-corrected chi connectivity index (χ0v) is 11.2. The third-order valence-electron chi connectivity index (χ3n) is 3.10. The van der Waals surface area contributed by atoms with Crippen molar-refractivity contribution in [2.75, 3.05) is 18.1 Å². The Hall–Kier alpha value is -0.360. The van der Waals surface area contributed by atoms with E-state index in [0.717, 1.165) is 42.2 Å². The fourth-order valence-electron chi connectivity index (χ4n) is 2.26. The van der Waals surface area contributed by atoms with Gasteiger partial charge in [-0.1, -0.05) is 22.9 Å². The van der Waals surface area contributed by atoms with Crippen LogP contribution < -0.4 is 4.90 Å². The molecule has 1 fully saturated rings. The Kier molecular flexibility index (Phi) is 4.62. The molecular weight excluding hydrogens is 260 g/mol. The van der Waals surface area contributed by atoms with Gasteiger partial charge in [0.2, 0.25) is 0 Å². The van der Waals surface area contributed by atoms with Crippen molar-refractivity contribution in [3.05, 3.63) is 10.0 Å². The normalized spacial score (nSPS) is 20.2. The van der Waals surface area contributed by atoms with Crippen LogP contribution in [0.3, 0.4) is 0 Å². The molecule has 0 aliphatic carbocycles. The Bertz CT molecular complexity index is 372. The zero-order chi connectivity index (χ0) is 12.3. The van der Waals surface area contributed by atoms with Gasteiger partial charge in [-0.2, -0.15) is 0 Å². The van der Waals surface area contributed by atoms with Gasteiger partial charge < -0.3 is 15.1 Å². The molecule has 1 aliphatic heterocycles. The Morgan fingerprint density at radius 1 is 1.47 bits per heavy atom. The Balaban J connectivity index is 2.08. The van der Waals surface area contributed by atoms with Crippen LogP contribution in [0.4, 0.5) is 5.13 Å². The maximum atomic E-state index is 9.12. The highest BCUT2D eigenvalue weighted by atomic mass is 35.5. The maximum absolute atomic E-state index is 9.12. The third-order valence-corrected chi connectivity index (χ3v) is 4.60. The second-order valence-electron chi connectivity index (χ2n) is 4.22. The third kappa shape index (κ3) is 2.91. The van der Waals surface area contributed by atoms with Gasteiger partial charge in [0.05, 0.1) is 11.5 Å². The van der Waals surface area contributed by atoms with Gasteiger partial charge >= 0.3 is 0 Å². The predicted molar refractivity (Wildman–Crippen MR) is 69.7 cm³/mol. The van der Waals surface area contributed by atoms with Crippen molar-refractivity contribution in [1.82, 2.24) is 4.98 Å². The van der Waals surface area contributed by atoms with Crippen LogP contribution in [0.5, 0.6) is 0 Å². The van der Waals surface area contributed by atoms with Gasteiger partial charge in [0.25, 0.3) is 0 Å². The van der Waals surface area contributed by atoms with Crippen LogP contribution in [0.2, 0.25) is 5.15 Å². The minimum Gasteiger partial charge on any atom is -0.396 e. The largest absolute Gasteiger partial charge is 0.396 e. The monoisotopic (exact) mass is 276 g/mol. The number of anilines is 1. The van der Waals surface area contributed by atoms with E-state index in [1.807, 2.05) is 0 Å². The molecule has 1 aromatic heterocycles. The number of aliphatic hydroxyl groups excluding tert-OH is 2. The Labute approximate surface area is 110 Å². The summed E-state index contributed by atoms with van der Waals surface area (Å²) in [6.07, 6.45) is 4.11. The Morgan fingerprint density at radius 2 is 2.29 bits per heavy atom. The lowest BCUT2D eigenvalue weighted by atomic mass is 10.1. The molecule has 2 rings (SSSR count). The molecule has 0 radical (unpaired) electrons. The fourth-order valence-corrected chi connectivity index (χ4v) is 3.47. The van der Waals surface area contributed by atoms with Crippen LogP contribution in [-0.2, 0) is 6.61 Å².